The highest BCUT2D eigenvalue weighted by atomic mass is 127. The molecule has 1 fully saturated rings. The molecule has 0 radical (unpaired) electrons. The Balaban J connectivity index is 2.08. The van der Waals surface area contributed by atoms with E-state index in [9.17, 15) is 8.78 Å². The lowest BCUT2D eigenvalue weighted by molar-refractivity contribution is 0.248. The van der Waals surface area contributed by atoms with Crippen LogP contribution in [0.2, 0.25) is 0 Å². The van der Waals surface area contributed by atoms with Crippen molar-refractivity contribution in [3.05, 3.63) is 35.4 Å². The predicted octanol–water partition coefficient (Wildman–Crippen LogP) is 3.54. The lowest BCUT2D eigenvalue weighted by Crippen LogP contribution is -2.31. The monoisotopic (exact) mass is 337 g/mol. The van der Waals surface area contributed by atoms with Crippen LogP contribution >= 0.6 is 22.6 Å². The van der Waals surface area contributed by atoms with Crippen molar-refractivity contribution in [1.82, 2.24) is 4.90 Å². The van der Waals surface area contributed by atoms with Crippen molar-refractivity contribution in [1.29, 1.82) is 0 Å². The minimum absolute atomic E-state index is 0.250. The normalized spacial score (nSPS) is 18.9. The van der Waals surface area contributed by atoms with Gasteiger partial charge in [-0.25, -0.2) is 8.78 Å². The van der Waals surface area contributed by atoms with Crippen LogP contribution in [-0.4, -0.2) is 22.5 Å². The first-order chi connectivity index (χ1) is 7.70. The van der Waals surface area contributed by atoms with Gasteiger partial charge in [0.2, 0.25) is 0 Å². The van der Waals surface area contributed by atoms with Crippen molar-refractivity contribution in [3.8, 4) is 0 Å². The summed E-state index contributed by atoms with van der Waals surface area (Å²) in [4.78, 5) is 2.35. The predicted molar refractivity (Wildman–Crippen MR) is 68.8 cm³/mol. The summed E-state index contributed by atoms with van der Waals surface area (Å²) in [7, 11) is 0. The molecule has 0 atom stereocenters. The summed E-state index contributed by atoms with van der Waals surface area (Å²) >= 11 is 2.34. The lowest BCUT2D eigenvalue weighted by atomic mass is 9.89. The maximum atomic E-state index is 13.6. The Labute approximate surface area is 108 Å². The van der Waals surface area contributed by atoms with Gasteiger partial charge in [-0.2, -0.15) is 0 Å². The fraction of sp³-hybridized carbons (Fsp3) is 0.500. The molecule has 0 amide bonds. The molecule has 1 aliphatic rings. The summed E-state index contributed by atoms with van der Waals surface area (Å²) in [6, 6.07) is 3.93. The molecule has 0 saturated carbocycles. The highest BCUT2D eigenvalue weighted by Gasteiger charge is 2.22. The first-order valence-electron chi connectivity index (χ1n) is 5.44. The maximum absolute atomic E-state index is 13.6. The SMILES string of the molecule is Fc1ccc(C2CCN(CI)CC2)c(F)c1. The van der Waals surface area contributed by atoms with E-state index >= 15 is 0 Å². The number of nitrogens with zero attached hydrogens (tertiary/aromatic N) is 1. The molecular weight excluding hydrogens is 323 g/mol. The second kappa shape index (κ2) is 5.40. The van der Waals surface area contributed by atoms with E-state index in [1.165, 1.54) is 6.07 Å². The van der Waals surface area contributed by atoms with E-state index in [-0.39, 0.29) is 5.92 Å². The molecule has 0 N–H and O–H groups in total. The van der Waals surface area contributed by atoms with E-state index in [0.29, 0.717) is 5.56 Å². The topological polar surface area (TPSA) is 3.24 Å². The molecule has 0 spiro atoms. The number of benzene rings is 1. The molecule has 0 aliphatic carbocycles. The number of likely N-dealkylation sites (tertiary alicyclic amines) is 1. The van der Waals surface area contributed by atoms with Gasteiger partial charge in [0.15, 0.2) is 0 Å². The van der Waals surface area contributed by atoms with Crippen LogP contribution in [0.3, 0.4) is 0 Å². The third-order valence-corrected chi connectivity index (χ3v) is 4.12. The van der Waals surface area contributed by atoms with Crippen LogP contribution in [0, 0.1) is 11.6 Å². The van der Waals surface area contributed by atoms with E-state index < -0.39 is 11.6 Å². The van der Waals surface area contributed by atoms with E-state index in [2.05, 4.69) is 27.5 Å². The standard InChI is InChI=1S/C12H14F2IN/c13-10-1-2-11(12(14)7-10)9-3-5-16(8-15)6-4-9/h1-2,7,9H,3-6,8H2. The van der Waals surface area contributed by atoms with E-state index in [4.69, 9.17) is 0 Å². The Bertz CT molecular complexity index is 362. The summed E-state index contributed by atoms with van der Waals surface area (Å²) in [5.41, 5.74) is 0.675. The van der Waals surface area contributed by atoms with Gasteiger partial charge in [0.25, 0.3) is 0 Å². The fourth-order valence-corrected chi connectivity index (χ4v) is 2.88. The summed E-state index contributed by atoms with van der Waals surface area (Å²) in [5.74, 6) is -0.640. The smallest absolute Gasteiger partial charge is 0.129 e. The second-order valence-electron chi connectivity index (χ2n) is 4.18. The minimum Gasteiger partial charge on any atom is -0.294 e. The second-order valence-corrected chi connectivity index (χ2v) is 4.86. The Morgan fingerprint density at radius 3 is 2.50 bits per heavy atom. The molecule has 1 heterocycles. The molecule has 0 bridgehead atoms. The van der Waals surface area contributed by atoms with Crippen LogP contribution < -0.4 is 0 Å². The number of hydrogen-bond acceptors (Lipinski definition) is 1. The van der Waals surface area contributed by atoms with Gasteiger partial charge >= 0.3 is 0 Å². The molecular formula is C12H14F2IN. The Morgan fingerprint density at radius 2 is 1.94 bits per heavy atom. The van der Waals surface area contributed by atoms with Crippen LogP contribution in [0.25, 0.3) is 0 Å². The minimum atomic E-state index is -0.494. The first kappa shape index (κ1) is 12.2. The summed E-state index contributed by atoms with van der Waals surface area (Å²) in [6.45, 7) is 2.01. The van der Waals surface area contributed by atoms with Crippen molar-refractivity contribution < 1.29 is 8.78 Å². The van der Waals surface area contributed by atoms with Crippen molar-refractivity contribution in [3.63, 3.8) is 0 Å². The Hall–Kier alpha value is -0.230. The van der Waals surface area contributed by atoms with Gasteiger partial charge < -0.3 is 0 Å². The molecule has 2 rings (SSSR count). The van der Waals surface area contributed by atoms with Crippen molar-refractivity contribution in [2.45, 2.75) is 18.8 Å². The number of halogens is 3. The number of piperidine rings is 1. The zero-order chi connectivity index (χ0) is 11.5. The third-order valence-electron chi connectivity index (χ3n) is 3.16. The molecule has 0 aromatic heterocycles. The van der Waals surface area contributed by atoms with E-state index in [0.717, 1.165) is 36.5 Å². The summed E-state index contributed by atoms with van der Waals surface area (Å²) in [6.07, 6.45) is 1.93. The number of hydrogen-bond donors (Lipinski definition) is 0. The molecule has 1 aliphatic heterocycles. The van der Waals surface area contributed by atoms with Gasteiger partial charge in [-0.3, -0.25) is 4.90 Å². The molecule has 0 unspecified atom stereocenters. The lowest BCUT2D eigenvalue weighted by Gasteiger charge is -2.30. The van der Waals surface area contributed by atoms with Gasteiger partial charge in [-0.05, 0) is 43.5 Å². The fourth-order valence-electron chi connectivity index (χ4n) is 2.20. The summed E-state index contributed by atoms with van der Waals surface area (Å²) in [5, 5.41) is 0. The van der Waals surface area contributed by atoms with Gasteiger partial charge in [0.05, 0.1) is 4.55 Å². The molecule has 1 saturated heterocycles. The zero-order valence-electron chi connectivity index (χ0n) is 8.93. The molecule has 1 aromatic carbocycles. The maximum Gasteiger partial charge on any atom is 0.129 e. The van der Waals surface area contributed by atoms with Crippen molar-refractivity contribution in [2.24, 2.45) is 0 Å². The molecule has 4 heteroatoms. The van der Waals surface area contributed by atoms with Gasteiger partial charge in [0, 0.05) is 6.07 Å². The van der Waals surface area contributed by atoms with E-state index in [1.54, 1.807) is 6.07 Å². The average molecular weight is 337 g/mol. The molecule has 88 valence electrons. The number of alkyl halides is 1. The van der Waals surface area contributed by atoms with Gasteiger partial charge in [0.1, 0.15) is 11.6 Å². The van der Waals surface area contributed by atoms with Crippen LogP contribution in [0.15, 0.2) is 18.2 Å². The average Bonchev–Trinajstić information content (AvgIpc) is 2.29. The van der Waals surface area contributed by atoms with Crippen LogP contribution in [0.1, 0.15) is 24.3 Å². The molecule has 16 heavy (non-hydrogen) atoms. The zero-order valence-corrected chi connectivity index (χ0v) is 11.1. The number of rotatable bonds is 2. The first-order valence-corrected chi connectivity index (χ1v) is 6.96. The van der Waals surface area contributed by atoms with Crippen molar-refractivity contribution >= 4 is 22.6 Å². The molecule has 1 nitrogen and oxygen atoms in total. The van der Waals surface area contributed by atoms with Gasteiger partial charge in [-0.1, -0.05) is 28.7 Å². The Morgan fingerprint density at radius 1 is 1.25 bits per heavy atom. The van der Waals surface area contributed by atoms with Crippen LogP contribution in [-0.2, 0) is 0 Å². The van der Waals surface area contributed by atoms with Gasteiger partial charge in [-0.15, -0.1) is 0 Å². The largest absolute Gasteiger partial charge is 0.294 e. The quantitative estimate of drug-likeness (QED) is 0.453. The Kier molecular flexibility index (Phi) is 4.13. The van der Waals surface area contributed by atoms with Crippen molar-refractivity contribution in [2.75, 3.05) is 17.6 Å². The third kappa shape index (κ3) is 2.71. The van der Waals surface area contributed by atoms with Crippen LogP contribution in [0.5, 0.6) is 0 Å². The molecule has 1 aromatic rings. The van der Waals surface area contributed by atoms with E-state index in [1.807, 2.05) is 0 Å². The highest BCUT2D eigenvalue weighted by Crippen LogP contribution is 2.30. The highest BCUT2D eigenvalue weighted by molar-refractivity contribution is 14.1. The van der Waals surface area contributed by atoms with Crippen LogP contribution in [0.4, 0.5) is 8.78 Å². The summed E-state index contributed by atoms with van der Waals surface area (Å²) < 4.78 is 27.4.